The summed E-state index contributed by atoms with van der Waals surface area (Å²) in [6.45, 7) is 10.2. The molecule has 0 heterocycles. The van der Waals surface area contributed by atoms with Gasteiger partial charge in [0.2, 0.25) is 0 Å². The molecular formula is C14H32IN3O. The molecule has 0 aliphatic carbocycles. The predicted octanol–water partition coefficient (Wildman–Crippen LogP) is 3.02. The number of rotatable bonds is 10. The largest absolute Gasteiger partial charge is 0.381 e. The standard InChI is InChI=1S/C14H31N3O.HI/c1-5-6-11-18-12-7-9-16-14(15-4)17-10-8-13(2)3;/h13H,5-12H2,1-4H3,(H2,15,16,17);1H. The summed E-state index contributed by atoms with van der Waals surface area (Å²) in [6.07, 6.45) is 4.55. The quantitative estimate of drug-likeness (QED) is 0.263. The SMILES string of the molecule is CCCCOCCCNC(=NC)NCCC(C)C.I. The van der Waals surface area contributed by atoms with E-state index in [4.69, 9.17) is 4.74 Å². The second-order valence-electron chi connectivity index (χ2n) is 4.93. The summed E-state index contributed by atoms with van der Waals surface area (Å²) in [7, 11) is 1.81. The minimum atomic E-state index is 0. The van der Waals surface area contributed by atoms with Gasteiger partial charge in [0, 0.05) is 33.4 Å². The van der Waals surface area contributed by atoms with Gasteiger partial charge in [-0.15, -0.1) is 24.0 Å². The average molecular weight is 385 g/mol. The smallest absolute Gasteiger partial charge is 0.190 e. The summed E-state index contributed by atoms with van der Waals surface area (Å²) in [6, 6.07) is 0. The number of ether oxygens (including phenoxy) is 1. The molecule has 0 aromatic carbocycles. The fourth-order valence-corrected chi connectivity index (χ4v) is 1.43. The van der Waals surface area contributed by atoms with Crippen LogP contribution in [0.3, 0.4) is 0 Å². The van der Waals surface area contributed by atoms with Gasteiger partial charge >= 0.3 is 0 Å². The van der Waals surface area contributed by atoms with Crippen LogP contribution >= 0.6 is 24.0 Å². The summed E-state index contributed by atoms with van der Waals surface area (Å²) in [5.41, 5.74) is 0. The maximum Gasteiger partial charge on any atom is 0.190 e. The maximum atomic E-state index is 5.50. The minimum absolute atomic E-state index is 0. The van der Waals surface area contributed by atoms with Crippen LogP contribution in [-0.4, -0.2) is 39.3 Å². The molecule has 0 unspecified atom stereocenters. The normalized spacial score (nSPS) is 11.3. The van der Waals surface area contributed by atoms with E-state index in [2.05, 4.69) is 36.4 Å². The molecule has 0 saturated heterocycles. The molecule has 0 fully saturated rings. The van der Waals surface area contributed by atoms with Crippen molar-refractivity contribution in [2.75, 3.05) is 33.4 Å². The number of nitrogens with one attached hydrogen (secondary N) is 2. The Bertz CT molecular complexity index is 211. The zero-order valence-corrected chi connectivity index (χ0v) is 15.3. The molecule has 19 heavy (non-hydrogen) atoms. The van der Waals surface area contributed by atoms with Crippen LogP contribution in [0.25, 0.3) is 0 Å². The van der Waals surface area contributed by atoms with Crippen molar-refractivity contribution < 1.29 is 4.74 Å². The molecule has 0 aliphatic rings. The first-order valence-electron chi connectivity index (χ1n) is 7.23. The number of hydrogen-bond donors (Lipinski definition) is 2. The van der Waals surface area contributed by atoms with Gasteiger partial charge in [0.25, 0.3) is 0 Å². The molecule has 4 nitrogen and oxygen atoms in total. The second kappa shape index (κ2) is 16.0. The molecule has 0 saturated carbocycles. The highest BCUT2D eigenvalue weighted by molar-refractivity contribution is 14.0. The molecule has 0 aromatic rings. The van der Waals surface area contributed by atoms with Gasteiger partial charge in [-0.2, -0.15) is 0 Å². The topological polar surface area (TPSA) is 45.6 Å². The molecule has 0 rings (SSSR count). The zero-order chi connectivity index (χ0) is 13.6. The zero-order valence-electron chi connectivity index (χ0n) is 13.0. The fourth-order valence-electron chi connectivity index (χ4n) is 1.43. The average Bonchev–Trinajstić information content (AvgIpc) is 2.35. The van der Waals surface area contributed by atoms with Gasteiger partial charge in [-0.3, -0.25) is 4.99 Å². The van der Waals surface area contributed by atoms with E-state index in [-0.39, 0.29) is 24.0 Å². The highest BCUT2D eigenvalue weighted by atomic mass is 127. The van der Waals surface area contributed by atoms with Crippen LogP contribution in [0.5, 0.6) is 0 Å². The van der Waals surface area contributed by atoms with Crippen molar-refractivity contribution in [3.63, 3.8) is 0 Å². The molecular weight excluding hydrogens is 353 g/mol. The van der Waals surface area contributed by atoms with Crippen LogP contribution in [0.15, 0.2) is 4.99 Å². The minimum Gasteiger partial charge on any atom is -0.381 e. The van der Waals surface area contributed by atoms with E-state index < -0.39 is 0 Å². The van der Waals surface area contributed by atoms with E-state index >= 15 is 0 Å². The van der Waals surface area contributed by atoms with Gasteiger partial charge in [0.05, 0.1) is 0 Å². The van der Waals surface area contributed by atoms with Crippen molar-refractivity contribution in [3.8, 4) is 0 Å². The van der Waals surface area contributed by atoms with Crippen molar-refractivity contribution in [3.05, 3.63) is 0 Å². The Balaban J connectivity index is 0. The monoisotopic (exact) mass is 385 g/mol. The number of guanidine groups is 1. The van der Waals surface area contributed by atoms with Crippen LogP contribution < -0.4 is 10.6 Å². The third kappa shape index (κ3) is 15.9. The van der Waals surface area contributed by atoms with Crippen LogP contribution in [0.1, 0.15) is 46.5 Å². The lowest BCUT2D eigenvalue weighted by molar-refractivity contribution is 0.129. The first-order valence-corrected chi connectivity index (χ1v) is 7.23. The molecule has 0 spiro atoms. The molecule has 0 bridgehead atoms. The Hall–Kier alpha value is -0.0400. The Kier molecular flexibility index (Phi) is 17.9. The Labute approximate surface area is 136 Å². The van der Waals surface area contributed by atoms with Crippen molar-refractivity contribution in [2.24, 2.45) is 10.9 Å². The highest BCUT2D eigenvalue weighted by Crippen LogP contribution is 1.96. The van der Waals surface area contributed by atoms with Crippen molar-refractivity contribution in [2.45, 2.75) is 46.5 Å². The van der Waals surface area contributed by atoms with E-state index in [1.54, 1.807) is 0 Å². The van der Waals surface area contributed by atoms with Gasteiger partial charge in [0.15, 0.2) is 5.96 Å². The van der Waals surface area contributed by atoms with E-state index in [0.29, 0.717) is 0 Å². The van der Waals surface area contributed by atoms with Gasteiger partial charge in [-0.25, -0.2) is 0 Å². The number of nitrogens with zero attached hydrogens (tertiary/aromatic N) is 1. The summed E-state index contributed by atoms with van der Waals surface area (Å²) >= 11 is 0. The van der Waals surface area contributed by atoms with Crippen molar-refractivity contribution >= 4 is 29.9 Å². The number of unbranched alkanes of at least 4 members (excludes halogenated alkanes) is 1. The van der Waals surface area contributed by atoms with Gasteiger partial charge in [-0.1, -0.05) is 27.2 Å². The van der Waals surface area contributed by atoms with E-state index in [0.717, 1.165) is 51.0 Å². The number of aliphatic imine (C=N–C) groups is 1. The Morgan fingerprint density at radius 2 is 1.74 bits per heavy atom. The van der Waals surface area contributed by atoms with Crippen LogP contribution in [-0.2, 0) is 4.74 Å². The van der Waals surface area contributed by atoms with E-state index in [1.165, 1.54) is 12.8 Å². The number of halogens is 1. The van der Waals surface area contributed by atoms with Gasteiger partial charge in [-0.05, 0) is 25.2 Å². The summed E-state index contributed by atoms with van der Waals surface area (Å²) in [4.78, 5) is 4.19. The Morgan fingerprint density at radius 1 is 1.11 bits per heavy atom. The lowest BCUT2D eigenvalue weighted by Crippen LogP contribution is -2.38. The summed E-state index contributed by atoms with van der Waals surface area (Å²) in [5.74, 6) is 1.62. The number of hydrogen-bond acceptors (Lipinski definition) is 2. The van der Waals surface area contributed by atoms with E-state index in [1.807, 2.05) is 7.05 Å². The third-order valence-corrected chi connectivity index (χ3v) is 2.64. The molecule has 0 amide bonds. The summed E-state index contributed by atoms with van der Waals surface area (Å²) in [5, 5.41) is 6.60. The van der Waals surface area contributed by atoms with Crippen LogP contribution in [0, 0.1) is 5.92 Å². The highest BCUT2D eigenvalue weighted by Gasteiger charge is 1.98. The van der Waals surface area contributed by atoms with Crippen molar-refractivity contribution in [1.82, 2.24) is 10.6 Å². The lowest BCUT2D eigenvalue weighted by atomic mass is 10.1. The second-order valence-corrected chi connectivity index (χ2v) is 4.93. The Morgan fingerprint density at radius 3 is 2.32 bits per heavy atom. The van der Waals surface area contributed by atoms with Crippen LogP contribution in [0.2, 0.25) is 0 Å². The maximum absolute atomic E-state index is 5.50. The first-order chi connectivity index (χ1) is 8.70. The van der Waals surface area contributed by atoms with Crippen LogP contribution in [0.4, 0.5) is 0 Å². The third-order valence-electron chi connectivity index (χ3n) is 2.64. The lowest BCUT2D eigenvalue weighted by Gasteiger charge is -2.12. The fraction of sp³-hybridized carbons (Fsp3) is 0.929. The van der Waals surface area contributed by atoms with Gasteiger partial charge < -0.3 is 15.4 Å². The molecule has 5 heteroatoms. The molecule has 0 atom stereocenters. The summed E-state index contributed by atoms with van der Waals surface area (Å²) < 4.78 is 5.50. The van der Waals surface area contributed by atoms with Gasteiger partial charge in [0.1, 0.15) is 0 Å². The predicted molar refractivity (Wildman–Crippen MR) is 94.6 cm³/mol. The van der Waals surface area contributed by atoms with Crippen molar-refractivity contribution in [1.29, 1.82) is 0 Å². The molecule has 0 radical (unpaired) electrons. The molecule has 0 aliphatic heterocycles. The first kappa shape index (κ1) is 21.3. The molecule has 0 aromatic heterocycles. The molecule has 116 valence electrons. The van der Waals surface area contributed by atoms with E-state index in [9.17, 15) is 0 Å². The molecule has 2 N–H and O–H groups in total.